The molecule has 4 aromatic rings. The summed E-state index contributed by atoms with van der Waals surface area (Å²) in [5.74, 6) is 1.12. The fraction of sp³-hybridized carbons (Fsp3) is 0.296. The molecule has 2 aliphatic rings. The molecule has 6 rings (SSSR count). The Morgan fingerprint density at radius 1 is 1.03 bits per heavy atom. The molecule has 0 aliphatic carbocycles. The molecule has 0 radical (unpaired) electrons. The van der Waals surface area contributed by atoms with Gasteiger partial charge in [0.25, 0.3) is 0 Å². The summed E-state index contributed by atoms with van der Waals surface area (Å²) in [5.41, 5.74) is 13.2. The Bertz CT molecular complexity index is 1390. The summed E-state index contributed by atoms with van der Waals surface area (Å²) in [4.78, 5) is 28.2. The molecule has 0 saturated carbocycles. The zero-order valence-electron chi connectivity index (χ0n) is 19.9. The van der Waals surface area contributed by atoms with E-state index >= 15 is 0 Å². The second-order valence-electron chi connectivity index (χ2n) is 9.31. The molecule has 0 bridgehead atoms. The summed E-state index contributed by atoms with van der Waals surface area (Å²) < 4.78 is 2.13. The number of amides is 1. The van der Waals surface area contributed by atoms with E-state index in [1.807, 2.05) is 41.6 Å². The summed E-state index contributed by atoms with van der Waals surface area (Å²) in [6.07, 6.45) is 4.69. The minimum absolute atomic E-state index is 0.0882. The summed E-state index contributed by atoms with van der Waals surface area (Å²) in [6, 6.07) is 16.3. The number of aromatic nitrogens is 3. The number of hydrogen-bond acceptors (Lipinski definition) is 6. The van der Waals surface area contributed by atoms with Crippen LogP contribution in [-0.4, -0.2) is 57.9 Å². The SMILES string of the molecule is CC(=O)N1CCc2cc(-c3nc4ccc(N)cn4c3CN3CCN(c4ccccn4)CC3)ccc21. The lowest BCUT2D eigenvalue weighted by atomic mass is 10.0. The van der Waals surface area contributed by atoms with Gasteiger partial charge in [-0.1, -0.05) is 12.1 Å². The molecule has 2 aliphatic heterocycles. The number of carbonyl (C=O) groups excluding carboxylic acids is 1. The molecule has 1 fully saturated rings. The number of nitrogens with zero attached hydrogens (tertiary/aromatic N) is 6. The fourth-order valence-corrected chi connectivity index (χ4v) is 5.26. The van der Waals surface area contributed by atoms with E-state index in [4.69, 9.17) is 10.7 Å². The third-order valence-corrected chi connectivity index (χ3v) is 7.09. The molecule has 2 N–H and O–H groups in total. The van der Waals surface area contributed by atoms with Gasteiger partial charge in [0.1, 0.15) is 11.5 Å². The van der Waals surface area contributed by atoms with Crippen LogP contribution >= 0.6 is 0 Å². The molecular formula is C27H29N7O. The maximum atomic E-state index is 12.0. The van der Waals surface area contributed by atoms with E-state index in [-0.39, 0.29) is 5.91 Å². The molecule has 178 valence electrons. The van der Waals surface area contributed by atoms with Crippen molar-refractivity contribution in [2.45, 2.75) is 19.9 Å². The fourth-order valence-electron chi connectivity index (χ4n) is 5.26. The van der Waals surface area contributed by atoms with Crippen LogP contribution in [0.3, 0.4) is 0 Å². The highest BCUT2D eigenvalue weighted by molar-refractivity contribution is 5.94. The van der Waals surface area contributed by atoms with E-state index < -0.39 is 0 Å². The average molecular weight is 468 g/mol. The number of piperazine rings is 1. The highest BCUT2D eigenvalue weighted by atomic mass is 16.2. The van der Waals surface area contributed by atoms with Crippen molar-refractivity contribution in [1.82, 2.24) is 19.3 Å². The van der Waals surface area contributed by atoms with Crippen LogP contribution in [0.5, 0.6) is 0 Å². The van der Waals surface area contributed by atoms with Crippen LogP contribution < -0.4 is 15.5 Å². The smallest absolute Gasteiger partial charge is 0.223 e. The third kappa shape index (κ3) is 4.00. The van der Waals surface area contributed by atoms with Crippen LogP contribution in [0.2, 0.25) is 0 Å². The molecule has 3 aromatic heterocycles. The Labute approximate surface area is 204 Å². The minimum atomic E-state index is 0.0882. The Hall–Kier alpha value is -3.91. The van der Waals surface area contributed by atoms with Gasteiger partial charge in [-0.3, -0.25) is 9.69 Å². The summed E-state index contributed by atoms with van der Waals surface area (Å²) in [5, 5.41) is 0. The van der Waals surface area contributed by atoms with Crippen LogP contribution in [0.4, 0.5) is 17.2 Å². The lowest BCUT2D eigenvalue weighted by Crippen LogP contribution is -2.46. The second kappa shape index (κ2) is 8.70. The highest BCUT2D eigenvalue weighted by Gasteiger charge is 2.25. The quantitative estimate of drug-likeness (QED) is 0.496. The van der Waals surface area contributed by atoms with Crippen molar-refractivity contribution in [3.63, 3.8) is 0 Å². The van der Waals surface area contributed by atoms with Gasteiger partial charge in [-0.2, -0.15) is 0 Å². The normalized spacial score (nSPS) is 16.1. The Kier molecular flexibility index (Phi) is 5.37. The van der Waals surface area contributed by atoms with Crippen LogP contribution in [0.25, 0.3) is 16.9 Å². The number of nitrogen functional groups attached to an aromatic ring is 1. The molecule has 35 heavy (non-hydrogen) atoms. The molecule has 8 nitrogen and oxygen atoms in total. The number of anilines is 3. The molecule has 0 atom stereocenters. The van der Waals surface area contributed by atoms with Gasteiger partial charge in [0.2, 0.25) is 5.91 Å². The maximum Gasteiger partial charge on any atom is 0.223 e. The predicted molar refractivity (Wildman–Crippen MR) is 138 cm³/mol. The van der Waals surface area contributed by atoms with E-state index in [1.165, 1.54) is 5.56 Å². The number of nitrogens with two attached hydrogens (primary N) is 1. The van der Waals surface area contributed by atoms with E-state index in [9.17, 15) is 4.79 Å². The monoisotopic (exact) mass is 467 g/mol. The van der Waals surface area contributed by atoms with Crippen molar-refractivity contribution >= 4 is 28.7 Å². The zero-order chi connectivity index (χ0) is 23.9. The Morgan fingerprint density at radius 3 is 2.66 bits per heavy atom. The number of benzene rings is 1. The number of rotatable bonds is 4. The van der Waals surface area contributed by atoms with Crippen molar-refractivity contribution in [1.29, 1.82) is 0 Å². The Balaban J connectivity index is 1.31. The Morgan fingerprint density at radius 2 is 1.89 bits per heavy atom. The zero-order valence-corrected chi connectivity index (χ0v) is 19.9. The lowest BCUT2D eigenvalue weighted by Gasteiger charge is -2.35. The van der Waals surface area contributed by atoms with Crippen molar-refractivity contribution in [2.75, 3.05) is 48.3 Å². The molecule has 8 heteroatoms. The van der Waals surface area contributed by atoms with Gasteiger partial charge in [0, 0.05) is 75.5 Å². The molecule has 1 amide bonds. The number of imidazole rings is 1. The number of carbonyl (C=O) groups is 1. The molecule has 0 unspecified atom stereocenters. The number of hydrogen-bond donors (Lipinski definition) is 1. The number of fused-ring (bicyclic) bond motifs is 2. The van der Waals surface area contributed by atoms with Crippen LogP contribution in [-0.2, 0) is 17.8 Å². The predicted octanol–water partition coefficient (Wildman–Crippen LogP) is 3.21. The van der Waals surface area contributed by atoms with E-state index in [0.717, 1.165) is 79.8 Å². The van der Waals surface area contributed by atoms with E-state index in [1.54, 1.807) is 6.92 Å². The standard InChI is InChI=1S/C27H29N7O/c1-19(35)33-11-9-20-16-21(5-7-23(20)33)27-24(34-17-22(28)6-8-26(34)30-27)18-31-12-14-32(15-13-31)25-4-2-3-10-29-25/h2-8,10,16-17H,9,11-15,18,28H2,1H3. The molecular weight excluding hydrogens is 438 g/mol. The minimum Gasteiger partial charge on any atom is -0.398 e. The van der Waals surface area contributed by atoms with Gasteiger partial charge in [-0.25, -0.2) is 9.97 Å². The van der Waals surface area contributed by atoms with Gasteiger partial charge in [-0.15, -0.1) is 0 Å². The van der Waals surface area contributed by atoms with Gasteiger partial charge in [-0.05, 0) is 48.4 Å². The topological polar surface area (TPSA) is 83.0 Å². The first kappa shape index (κ1) is 21.6. The van der Waals surface area contributed by atoms with Crippen molar-refractivity contribution in [3.05, 3.63) is 72.2 Å². The van der Waals surface area contributed by atoms with Crippen LogP contribution in [0.1, 0.15) is 18.2 Å². The summed E-state index contributed by atoms with van der Waals surface area (Å²) in [7, 11) is 0. The molecule has 1 saturated heterocycles. The van der Waals surface area contributed by atoms with E-state index in [0.29, 0.717) is 5.69 Å². The maximum absolute atomic E-state index is 12.0. The van der Waals surface area contributed by atoms with Gasteiger partial charge >= 0.3 is 0 Å². The van der Waals surface area contributed by atoms with E-state index in [2.05, 4.69) is 43.4 Å². The van der Waals surface area contributed by atoms with Crippen molar-refractivity contribution in [2.24, 2.45) is 0 Å². The van der Waals surface area contributed by atoms with Crippen molar-refractivity contribution in [3.8, 4) is 11.3 Å². The summed E-state index contributed by atoms with van der Waals surface area (Å²) in [6.45, 7) is 6.92. The number of pyridine rings is 2. The molecule has 1 aromatic carbocycles. The average Bonchev–Trinajstić information content (AvgIpc) is 3.46. The van der Waals surface area contributed by atoms with Gasteiger partial charge < -0.3 is 19.9 Å². The highest BCUT2D eigenvalue weighted by Crippen LogP contribution is 2.34. The van der Waals surface area contributed by atoms with Crippen LogP contribution in [0, 0.1) is 0 Å². The second-order valence-corrected chi connectivity index (χ2v) is 9.31. The molecule has 0 spiro atoms. The van der Waals surface area contributed by atoms with Crippen molar-refractivity contribution < 1.29 is 4.79 Å². The van der Waals surface area contributed by atoms with Gasteiger partial charge in [0.05, 0.1) is 11.4 Å². The van der Waals surface area contributed by atoms with Crippen LogP contribution in [0.15, 0.2) is 60.9 Å². The van der Waals surface area contributed by atoms with Gasteiger partial charge in [0.15, 0.2) is 0 Å². The third-order valence-electron chi connectivity index (χ3n) is 7.09. The first-order valence-corrected chi connectivity index (χ1v) is 12.1. The summed E-state index contributed by atoms with van der Waals surface area (Å²) >= 11 is 0. The largest absolute Gasteiger partial charge is 0.398 e. The first-order valence-electron chi connectivity index (χ1n) is 12.1. The lowest BCUT2D eigenvalue weighted by molar-refractivity contribution is -0.116. The molecule has 5 heterocycles. The first-order chi connectivity index (χ1) is 17.1.